The van der Waals surface area contributed by atoms with E-state index in [-0.39, 0.29) is 10.8 Å². The summed E-state index contributed by atoms with van der Waals surface area (Å²) in [6.07, 6.45) is 0. The lowest BCUT2D eigenvalue weighted by atomic mass is 9.81. The fraction of sp³-hybridized carbons (Fsp3) is 0.100. The molecular weight excluding hydrogens is 767 g/mol. The molecule has 1 nitrogen and oxygen atoms in total. The molecule has 1 heterocycles. The van der Waals surface area contributed by atoms with Crippen LogP contribution in [0.2, 0.25) is 0 Å². The molecule has 0 aliphatic heterocycles. The topological polar surface area (TPSA) is 3.24 Å². The molecule has 10 aromatic rings. The highest BCUT2D eigenvalue weighted by atomic mass is 32.1. The molecular formula is C60H45NS. The summed E-state index contributed by atoms with van der Waals surface area (Å²) in [7, 11) is 0. The van der Waals surface area contributed by atoms with E-state index in [1.54, 1.807) is 0 Å². The Kier molecular flexibility index (Phi) is 8.17. The molecule has 2 aliphatic carbocycles. The van der Waals surface area contributed by atoms with E-state index < -0.39 is 0 Å². The molecule has 296 valence electrons. The van der Waals surface area contributed by atoms with Crippen molar-refractivity contribution in [3.05, 3.63) is 222 Å². The van der Waals surface area contributed by atoms with E-state index >= 15 is 0 Å². The molecule has 1 aromatic heterocycles. The minimum atomic E-state index is -0.0973. The Morgan fingerprint density at radius 1 is 0.339 bits per heavy atom. The molecule has 0 unspecified atom stereocenters. The first kappa shape index (κ1) is 36.8. The first-order valence-electron chi connectivity index (χ1n) is 21.8. The number of hydrogen-bond acceptors (Lipinski definition) is 2. The molecule has 62 heavy (non-hydrogen) atoms. The molecule has 0 N–H and O–H groups in total. The van der Waals surface area contributed by atoms with Gasteiger partial charge in [0.2, 0.25) is 0 Å². The summed E-state index contributed by atoms with van der Waals surface area (Å²) in [5, 5.41) is 2.63. The van der Waals surface area contributed by atoms with Gasteiger partial charge in [0.15, 0.2) is 0 Å². The van der Waals surface area contributed by atoms with E-state index in [2.05, 4.69) is 233 Å². The van der Waals surface area contributed by atoms with Gasteiger partial charge < -0.3 is 4.90 Å². The zero-order chi connectivity index (χ0) is 41.7. The zero-order valence-corrected chi connectivity index (χ0v) is 36.2. The van der Waals surface area contributed by atoms with Gasteiger partial charge in [-0.05, 0) is 127 Å². The first-order chi connectivity index (χ1) is 30.3. The molecule has 0 bridgehead atoms. The van der Waals surface area contributed by atoms with E-state index in [9.17, 15) is 0 Å². The lowest BCUT2D eigenvalue weighted by Gasteiger charge is -2.29. The van der Waals surface area contributed by atoms with Crippen molar-refractivity contribution in [2.45, 2.75) is 38.5 Å². The fourth-order valence-electron chi connectivity index (χ4n) is 10.7. The van der Waals surface area contributed by atoms with Gasteiger partial charge in [-0.3, -0.25) is 0 Å². The van der Waals surface area contributed by atoms with Crippen molar-refractivity contribution < 1.29 is 0 Å². The number of hydrogen-bond donors (Lipinski definition) is 0. The van der Waals surface area contributed by atoms with Gasteiger partial charge >= 0.3 is 0 Å². The lowest BCUT2D eigenvalue weighted by Crippen LogP contribution is -2.15. The van der Waals surface area contributed by atoms with Crippen molar-refractivity contribution in [1.82, 2.24) is 0 Å². The Labute approximate surface area is 368 Å². The van der Waals surface area contributed by atoms with Crippen LogP contribution in [-0.2, 0) is 10.8 Å². The van der Waals surface area contributed by atoms with Gasteiger partial charge in [-0.15, -0.1) is 11.3 Å². The van der Waals surface area contributed by atoms with E-state index in [0.717, 1.165) is 17.1 Å². The van der Waals surface area contributed by atoms with Crippen molar-refractivity contribution in [3.8, 4) is 55.6 Å². The molecule has 2 aliphatic rings. The van der Waals surface area contributed by atoms with Crippen molar-refractivity contribution in [2.75, 3.05) is 4.90 Å². The predicted molar refractivity (Wildman–Crippen MR) is 265 cm³/mol. The SMILES string of the molecule is CC1(C)c2ccccc2-c2ccc(-c3cccc(N(c4cccc(-c5ccc6sc7ccccc7c6c5)c4)c4ccccc4-c4cccc5c4-c4ccccc4C5(C)C)c3)cc21. The Bertz CT molecular complexity index is 3430. The normalized spacial score (nSPS) is 14.1. The maximum Gasteiger partial charge on any atom is 0.0540 e. The van der Waals surface area contributed by atoms with Crippen LogP contribution in [0.5, 0.6) is 0 Å². The van der Waals surface area contributed by atoms with Crippen LogP contribution in [0.3, 0.4) is 0 Å². The van der Waals surface area contributed by atoms with Gasteiger partial charge in [0.25, 0.3) is 0 Å². The predicted octanol–water partition coefficient (Wildman–Crippen LogP) is 17.1. The van der Waals surface area contributed by atoms with Crippen molar-refractivity contribution in [2.24, 2.45) is 0 Å². The van der Waals surface area contributed by atoms with Crippen LogP contribution in [-0.4, -0.2) is 0 Å². The molecule has 0 saturated carbocycles. The zero-order valence-electron chi connectivity index (χ0n) is 35.4. The maximum atomic E-state index is 2.49. The van der Waals surface area contributed by atoms with Crippen LogP contribution in [0.25, 0.3) is 75.8 Å². The van der Waals surface area contributed by atoms with E-state index in [1.165, 1.54) is 98.1 Å². The van der Waals surface area contributed by atoms with Gasteiger partial charge in [-0.25, -0.2) is 0 Å². The van der Waals surface area contributed by atoms with Gasteiger partial charge in [0.05, 0.1) is 5.69 Å². The summed E-state index contributed by atoms with van der Waals surface area (Å²) in [5.41, 5.74) is 21.4. The molecule has 0 amide bonds. The average Bonchev–Trinajstić information content (AvgIpc) is 3.89. The number of rotatable bonds is 6. The monoisotopic (exact) mass is 811 g/mol. The standard InChI is InChI=1S/C60H45NS/c1-59(2)52-26-10-6-23-49(52)58-48(24-15-27-53(58)59)46-21-7-11-28-55(46)61(42-18-13-16-38(34-42)40-31-33-57-50(36-40)47-22-8-12-29-56(47)62-57)43-19-14-17-39(35-43)41-30-32-45-44-20-5-9-25-51(44)60(3,4)54(45)37-41/h5-37H,1-4H3. The van der Waals surface area contributed by atoms with Crippen molar-refractivity contribution >= 4 is 48.6 Å². The quantitative estimate of drug-likeness (QED) is 0.162. The summed E-state index contributed by atoms with van der Waals surface area (Å²) < 4.78 is 2.64. The number of nitrogens with zero attached hydrogens (tertiary/aromatic N) is 1. The number of para-hydroxylation sites is 1. The van der Waals surface area contributed by atoms with Crippen LogP contribution in [0.4, 0.5) is 17.1 Å². The van der Waals surface area contributed by atoms with Gasteiger partial charge in [-0.1, -0.05) is 173 Å². The highest BCUT2D eigenvalue weighted by Gasteiger charge is 2.38. The Balaban J connectivity index is 1.05. The lowest BCUT2D eigenvalue weighted by molar-refractivity contribution is 0.660. The number of benzene rings is 9. The second-order valence-corrected chi connectivity index (χ2v) is 19.2. The minimum Gasteiger partial charge on any atom is -0.310 e. The summed E-state index contributed by atoms with van der Waals surface area (Å²) in [6, 6.07) is 74.9. The molecule has 9 aromatic carbocycles. The van der Waals surface area contributed by atoms with E-state index in [4.69, 9.17) is 0 Å². The van der Waals surface area contributed by atoms with E-state index in [0.29, 0.717) is 0 Å². The van der Waals surface area contributed by atoms with Crippen LogP contribution in [0.1, 0.15) is 49.9 Å². The third kappa shape index (κ3) is 5.53. The fourth-order valence-corrected chi connectivity index (χ4v) is 11.8. The number of thiophene rings is 1. The van der Waals surface area contributed by atoms with Crippen LogP contribution < -0.4 is 4.90 Å². The molecule has 0 radical (unpaired) electrons. The number of anilines is 3. The summed E-state index contributed by atoms with van der Waals surface area (Å²) in [4.78, 5) is 2.49. The smallest absolute Gasteiger partial charge is 0.0540 e. The third-order valence-corrected chi connectivity index (χ3v) is 15.0. The Hall–Kier alpha value is -7.00. The van der Waals surface area contributed by atoms with Crippen LogP contribution in [0.15, 0.2) is 200 Å². The van der Waals surface area contributed by atoms with Crippen molar-refractivity contribution in [1.29, 1.82) is 0 Å². The largest absolute Gasteiger partial charge is 0.310 e. The highest BCUT2D eigenvalue weighted by molar-refractivity contribution is 7.25. The minimum absolute atomic E-state index is 0.0770. The molecule has 0 spiro atoms. The van der Waals surface area contributed by atoms with Gasteiger partial charge in [0.1, 0.15) is 0 Å². The first-order valence-corrected chi connectivity index (χ1v) is 22.6. The average molecular weight is 812 g/mol. The van der Waals surface area contributed by atoms with Crippen molar-refractivity contribution in [3.63, 3.8) is 0 Å². The molecule has 0 fully saturated rings. The Morgan fingerprint density at radius 2 is 0.855 bits per heavy atom. The van der Waals surface area contributed by atoms with E-state index in [1.807, 2.05) is 11.3 Å². The number of fused-ring (bicyclic) bond motifs is 9. The maximum absolute atomic E-state index is 2.49. The molecule has 0 atom stereocenters. The highest BCUT2D eigenvalue weighted by Crippen LogP contribution is 2.54. The van der Waals surface area contributed by atoms with Crippen LogP contribution in [0, 0.1) is 0 Å². The Morgan fingerprint density at radius 3 is 1.63 bits per heavy atom. The molecule has 12 rings (SSSR count). The molecule has 2 heteroatoms. The summed E-state index contributed by atoms with van der Waals surface area (Å²) in [6.45, 7) is 9.46. The van der Waals surface area contributed by atoms with Crippen LogP contribution >= 0.6 is 11.3 Å². The summed E-state index contributed by atoms with van der Waals surface area (Å²) >= 11 is 1.87. The second-order valence-electron chi connectivity index (χ2n) is 18.1. The van der Waals surface area contributed by atoms with Gasteiger partial charge in [-0.2, -0.15) is 0 Å². The second kappa shape index (κ2) is 13.8. The summed E-state index contributed by atoms with van der Waals surface area (Å²) in [5.74, 6) is 0. The molecule has 0 saturated heterocycles. The van der Waals surface area contributed by atoms with Gasteiger partial charge in [0, 0.05) is 47.9 Å². The third-order valence-electron chi connectivity index (χ3n) is 13.9.